The predicted octanol–water partition coefficient (Wildman–Crippen LogP) is 7.68. The van der Waals surface area contributed by atoms with Crippen LogP contribution in [-0.4, -0.2) is 0 Å². The van der Waals surface area contributed by atoms with Crippen LogP contribution in [0.2, 0.25) is 15.1 Å². The van der Waals surface area contributed by atoms with Crippen LogP contribution in [0.4, 0.5) is 24.5 Å². The average molecular weight is 548 g/mol. The van der Waals surface area contributed by atoms with Crippen molar-refractivity contribution in [2.75, 3.05) is 5.32 Å². The van der Waals surface area contributed by atoms with Gasteiger partial charge in [-0.05, 0) is 44.0 Å². The molecule has 1 N–H and O–H groups in total. The summed E-state index contributed by atoms with van der Waals surface area (Å²) >= 11 is 24.2. The highest BCUT2D eigenvalue weighted by Crippen LogP contribution is 2.45. The van der Waals surface area contributed by atoms with Gasteiger partial charge < -0.3 is 5.32 Å². The van der Waals surface area contributed by atoms with Gasteiger partial charge in [-0.1, -0.05) is 34.8 Å². The first-order chi connectivity index (χ1) is 12.0. The van der Waals surface area contributed by atoms with Crippen molar-refractivity contribution in [3.05, 3.63) is 52.8 Å². The van der Waals surface area contributed by atoms with E-state index in [1.807, 2.05) is 0 Å². The number of nitriles is 2. The Kier molecular flexibility index (Phi) is 6.37. The van der Waals surface area contributed by atoms with Gasteiger partial charge in [-0.25, -0.2) is 0 Å². The van der Waals surface area contributed by atoms with E-state index < -0.39 is 11.7 Å². The highest BCUT2D eigenvalue weighted by molar-refractivity contribution is 9.11. The largest absolute Gasteiger partial charge is 0.416 e. The van der Waals surface area contributed by atoms with Gasteiger partial charge in [-0.15, -0.1) is 0 Å². The molecule has 0 fully saturated rings. The van der Waals surface area contributed by atoms with E-state index in [1.54, 1.807) is 12.1 Å². The fraction of sp³-hybridized carbons (Fsp3) is 0.0667. The molecule has 2 aromatic rings. The maximum Gasteiger partial charge on any atom is 0.416 e. The minimum Gasteiger partial charge on any atom is -0.351 e. The average Bonchev–Trinajstić information content (AvgIpc) is 2.54. The SMILES string of the molecule is N#Cc1c(Cl)c(Cl)c(Nc2c(Br)cc(C(F)(F)F)cc2Br)c(C#N)c1Cl. The summed E-state index contributed by atoms with van der Waals surface area (Å²) in [6.45, 7) is 0. The topological polar surface area (TPSA) is 59.6 Å². The summed E-state index contributed by atoms with van der Waals surface area (Å²) in [5.74, 6) is 0. The highest BCUT2D eigenvalue weighted by atomic mass is 79.9. The third-order valence-electron chi connectivity index (χ3n) is 3.16. The lowest BCUT2D eigenvalue weighted by molar-refractivity contribution is -0.137. The van der Waals surface area contributed by atoms with Gasteiger partial charge in [0.15, 0.2) is 0 Å². The van der Waals surface area contributed by atoms with E-state index in [-0.39, 0.29) is 46.5 Å². The minimum atomic E-state index is -4.54. The number of halogens is 8. The van der Waals surface area contributed by atoms with Crippen molar-refractivity contribution >= 4 is 78.0 Å². The monoisotopic (exact) mass is 545 g/mol. The number of rotatable bonds is 2. The van der Waals surface area contributed by atoms with Crippen LogP contribution in [0.25, 0.3) is 0 Å². The van der Waals surface area contributed by atoms with Crippen molar-refractivity contribution in [3.8, 4) is 12.1 Å². The Morgan fingerprint density at radius 3 is 1.77 bits per heavy atom. The molecular formula is C15H3Br2Cl3F3N3. The molecule has 2 rings (SSSR count). The van der Waals surface area contributed by atoms with Crippen molar-refractivity contribution in [2.24, 2.45) is 0 Å². The second kappa shape index (κ2) is 7.84. The van der Waals surface area contributed by atoms with Gasteiger partial charge in [0.2, 0.25) is 0 Å². The van der Waals surface area contributed by atoms with E-state index >= 15 is 0 Å². The van der Waals surface area contributed by atoms with E-state index in [4.69, 9.17) is 40.1 Å². The number of benzene rings is 2. The lowest BCUT2D eigenvalue weighted by atomic mass is 10.1. The molecule has 0 bridgehead atoms. The number of hydrogen-bond donors (Lipinski definition) is 1. The summed E-state index contributed by atoms with van der Waals surface area (Å²) in [5.41, 5.74) is -1.11. The summed E-state index contributed by atoms with van der Waals surface area (Å²) in [5, 5.41) is 20.6. The van der Waals surface area contributed by atoms with Crippen molar-refractivity contribution < 1.29 is 13.2 Å². The number of anilines is 2. The van der Waals surface area contributed by atoms with Crippen LogP contribution >= 0.6 is 66.7 Å². The second-order valence-corrected chi connectivity index (χ2v) is 7.57. The molecule has 0 spiro atoms. The molecule has 0 saturated heterocycles. The van der Waals surface area contributed by atoms with Gasteiger partial charge in [0.05, 0.1) is 43.1 Å². The fourth-order valence-electron chi connectivity index (χ4n) is 1.96. The van der Waals surface area contributed by atoms with Crippen LogP contribution < -0.4 is 5.32 Å². The zero-order valence-corrected chi connectivity index (χ0v) is 17.5. The molecule has 3 nitrogen and oxygen atoms in total. The third-order valence-corrected chi connectivity index (χ3v) is 5.65. The maximum absolute atomic E-state index is 12.9. The summed E-state index contributed by atoms with van der Waals surface area (Å²) in [4.78, 5) is 0. The van der Waals surface area contributed by atoms with Crippen molar-refractivity contribution in [1.29, 1.82) is 10.5 Å². The first-order valence-corrected chi connectivity index (χ1v) is 9.08. The molecule has 11 heteroatoms. The van der Waals surface area contributed by atoms with E-state index in [1.165, 1.54) is 0 Å². The van der Waals surface area contributed by atoms with Crippen LogP contribution in [0.5, 0.6) is 0 Å². The van der Waals surface area contributed by atoms with E-state index in [2.05, 4.69) is 37.2 Å². The zero-order valence-electron chi connectivity index (χ0n) is 12.1. The Labute approximate surface area is 177 Å². The number of nitrogens with zero attached hydrogens (tertiary/aromatic N) is 2. The van der Waals surface area contributed by atoms with Crippen LogP contribution in [0.15, 0.2) is 21.1 Å². The Morgan fingerprint density at radius 2 is 1.35 bits per heavy atom. The standard InChI is InChI=1S/C15H3Br2Cl3F3N3/c16-8-1-5(15(21,22)23)2-9(17)14(8)26-13-7(4-25)10(18)6(3-24)11(19)12(13)20/h1-2,26H. The van der Waals surface area contributed by atoms with E-state index in [0.29, 0.717) is 0 Å². The number of hydrogen-bond acceptors (Lipinski definition) is 3. The molecule has 0 amide bonds. The smallest absolute Gasteiger partial charge is 0.351 e. The van der Waals surface area contributed by atoms with Gasteiger partial charge in [0, 0.05) is 8.95 Å². The molecule has 26 heavy (non-hydrogen) atoms. The van der Waals surface area contributed by atoms with Crippen LogP contribution in [0.3, 0.4) is 0 Å². The lowest BCUT2D eigenvalue weighted by Gasteiger charge is -2.17. The minimum absolute atomic E-state index is 0.0377. The Morgan fingerprint density at radius 1 is 0.846 bits per heavy atom. The van der Waals surface area contributed by atoms with Gasteiger partial charge in [0.1, 0.15) is 12.1 Å². The summed E-state index contributed by atoms with van der Waals surface area (Å²) < 4.78 is 38.8. The lowest BCUT2D eigenvalue weighted by Crippen LogP contribution is -2.06. The summed E-state index contributed by atoms with van der Waals surface area (Å²) in [7, 11) is 0. The Balaban J connectivity index is 2.68. The molecule has 0 unspecified atom stereocenters. The third kappa shape index (κ3) is 3.90. The normalized spacial score (nSPS) is 11.0. The van der Waals surface area contributed by atoms with Gasteiger partial charge in [0.25, 0.3) is 0 Å². The number of alkyl halides is 3. The van der Waals surface area contributed by atoms with Crippen LogP contribution in [0.1, 0.15) is 16.7 Å². The first kappa shape index (κ1) is 21.1. The van der Waals surface area contributed by atoms with Gasteiger partial charge in [-0.3, -0.25) is 0 Å². The first-order valence-electron chi connectivity index (χ1n) is 6.36. The van der Waals surface area contributed by atoms with Crippen molar-refractivity contribution in [1.82, 2.24) is 0 Å². The molecule has 0 heterocycles. The second-order valence-electron chi connectivity index (χ2n) is 4.73. The van der Waals surface area contributed by atoms with Crippen LogP contribution in [-0.2, 0) is 6.18 Å². The van der Waals surface area contributed by atoms with E-state index in [9.17, 15) is 18.4 Å². The van der Waals surface area contributed by atoms with E-state index in [0.717, 1.165) is 12.1 Å². The summed E-state index contributed by atoms with van der Waals surface area (Å²) in [6, 6.07) is 5.27. The number of nitrogens with one attached hydrogen (secondary N) is 1. The molecule has 0 aliphatic rings. The molecule has 134 valence electrons. The van der Waals surface area contributed by atoms with Gasteiger partial charge in [-0.2, -0.15) is 23.7 Å². The molecule has 2 aromatic carbocycles. The van der Waals surface area contributed by atoms with Crippen molar-refractivity contribution in [3.63, 3.8) is 0 Å². The maximum atomic E-state index is 12.9. The highest BCUT2D eigenvalue weighted by Gasteiger charge is 2.32. The Bertz CT molecular complexity index is 972. The fourth-order valence-corrected chi connectivity index (χ4v) is 4.14. The quantitative estimate of drug-likeness (QED) is 0.392. The molecule has 0 aliphatic carbocycles. The van der Waals surface area contributed by atoms with Crippen molar-refractivity contribution in [2.45, 2.75) is 6.18 Å². The molecule has 0 aliphatic heterocycles. The molecular weight excluding hydrogens is 545 g/mol. The molecule has 0 aromatic heterocycles. The molecule has 0 atom stereocenters. The Hall–Kier alpha value is -1.16. The molecule has 0 saturated carbocycles. The van der Waals surface area contributed by atoms with Gasteiger partial charge >= 0.3 is 6.18 Å². The molecule has 0 radical (unpaired) electrons. The van der Waals surface area contributed by atoms with Crippen LogP contribution in [0, 0.1) is 22.7 Å². The predicted molar refractivity (Wildman–Crippen MR) is 101 cm³/mol. The zero-order chi connectivity index (χ0) is 19.8. The summed E-state index contributed by atoms with van der Waals surface area (Å²) in [6.07, 6.45) is -4.54.